The molecule has 1 amide bonds. The first-order valence-corrected chi connectivity index (χ1v) is 6.43. The highest BCUT2D eigenvalue weighted by Crippen LogP contribution is 2.07. The monoisotopic (exact) mass is 259 g/mol. The average molecular weight is 259 g/mol. The number of sulfonamides is 1. The molecule has 8 heteroatoms. The maximum Gasteiger partial charge on any atom is 0.253 e. The highest BCUT2D eigenvalue weighted by atomic mass is 32.2. The number of hydrogen-bond donors (Lipinski definition) is 3. The van der Waals surface area contributed by atoms with Gasteiger partial charge in [-0.05, 0) is 13.1 Å². The molecule has 1 aromatic rings. The number of carbonyl (C=O) groups excluding carboxylic acids is 1. The normalized spacial score (nSPS) is 11.1. The van der Waals surface area contributed by atoms with E-state index in [-0.39, 0.29) is 23.6 Å². The van der Waals surface area contributed by atoms with Crippen molar-refractivity contribution in [2.75, 3.05) is 19.3 Å². The fraction of sp³-hybridized carbons (Fsp3) is 0.333. The van der Waals surface area contributed by atoms with Crippen molar-refractivity contribution >= 4 is 15.9 Å². The van der Waals surface area contributed by atoms with E-state index in [1.807, 2.05) is 0 Å². The van der Waals surface area contributed by atoms with Crippen molar-refractivity contribution in [3.05, 3.63) is 24.0 Å². The largest absolute Gasteiger partial charge is 0.506 e. The fourth-order valence-electron chi connectivity index (χ4n) is 1.06. The van der Waals surface area contributed by atoms with Crippen LogP contribution in [-0.4, -0.2) is 43.8 Å². The van der Waals surface area contributed by atoms with Crippen LogP contribution in [-0.2, 0) is 10.0 Å². The molecule has 0 aliphatic carbocycles. The van der Waals surface area contributed by atoms with Crippen molar-refractivity contribution in [3.63, 3.8) is 0 Å². The first kappa shape index (κ1) is 13.4. The number of amides is 1. The Labute approximate surface area is 98.9 Å². The standard InChI is InChI=1S/C9H13N3O4S/c1-10-17(15,16)3-2-12-9(14)7-4-8(13)6-11-5-7/h4-6,10,13H,2-3H2,1H3,(H,12,14). The Bertz CT molecular complexity index is 501. The molecular weight excluding hydrogens is 246 g/mol. The quantitative estimate of drug-likeness (QED) is 0.633. The maximum absolute atomic E-state index is 11.5. The zero-order chi connectivity index (χ0) is 12.9. The SMILES string of the molecule is CNS(=O)(=O)CCNC(=O)c1cncc(O)c1. The van der Waals surface area contributed by atoms with Crippen LogP contribution < -0.4 is 10.0 Å². The van der Waals surface area contributed by atoms with Gasteiger partial charge in [0.25, 0.3) is 5.91 Å². The molecule has 17 heavy (non-hydrogen) atoms. The minimum atomic E-state index is -3.34. The number of nitrogens with zero attached hydrogens (tertiary/aromatic N) is 1. The van der Waals surface area contributed by atoms with Gasteiger partial charge in [-0.25, -0.2) is 13.1 Å². The molecule has 3 N–H and O–H groups in total. The lowest BCUT2D eigenvalue weighted by Crippen LogP contribution is -2.32. The number of aromatic hydroxyl groups is 1. The van der Waals surface area contributed by atoms with Crippen LogP contribution in [0.5, 0.6) is 5.75 Å². The van der Waals surface area contributed by atoms with E-state index in [4.69, 9.17) is 5.11 Å². The van der Waals surface area contributed by atoms with E-state index < -0.39 is 15.9 Å². The fourth-order valence-corrected chi connectivity index (χ4v) is 1.63. The first-order valence-electron chi connectivity index (χ1n) is 4.78. The number of pyridine rings is 1. The number of rotatable bonds is 5. The number of aromatic nitrogens is 1. The molecular formula is C9H13N3O4S. The lowest BCUT2D eigenvalue weighted by molar-refractivity contribution is 0.0955. The summed E-state index contributed by atoms with van der Waals surface area (Å²) < 4.78 is 24.2. The number of nitrogens with one attached hydrogen (secondary N) is 2. The van der Waals surface area contributed by atoms with Crippen molar-refractivity contribution in [1.82, 2.24) is 15.0 Å². The van der Waals surface area contributed by atoms with Gasteiger partial charge in [-0.2, -0.15) is 0 Å². The summed E-state index contributed by atoms with van der Waals surface area (Å²) in [7, 11) is -2.03. The molecule has 0 spiro atoms. The molecule has 0 saturated carbocycles. The second kappa shape index (κ2) is 5.60. The lowest BCUT2D eigenvalue weighted by atomic mass is 10.2. The van der Waals surface area contributed by atoms with Crippen LogP contribution in [0.2, 0.25) is 0 Å². The molecule has 0 bridgehead atoms. The van der Waals surface area contributed by atoms with E-state index in [9.17, 15) is 13.2 Å². The van der Waals surface area contributed by atoms with Crippen LogP contribution in [0, 0.1) is 0 Å². The Morgan fingerprint density at radius 2 is 2.18 bits per heavy atom. The smallest absolute Gasteiger partial charge is 0.253 e. The van der Waals surface area contributed by atoms with Crippen LogP contribution in [0.25, 0.3) is 0 Å². The minimum Gasteiger partial charge on any atom is -0.506 e. The molecule has 0 unspecified atom stereocenters. The number of carbonyl (C=O) groups is 1. The summed E-state index contributed by atoms with van der Waals surface area (Å²) in [6, 6.07) is 1.24. The molecule has 0 atom stereocenters. The van der Waals surface area contributed by atoms with Gasteiger partial charge in [0.15, 0.2) is 0 Å². The van der Waals surface area contributed by atoms with Crippen LogP contribution in [0.15, 0.2) is 18.5 Å². The van der Waals surface area contributed by atoms with Gasteiger partial charge in [0.2, 0.25) is 10.0 Å². The van der Waals surface area contributed by atoms with Crippen molar-refractivity contribution in [3.8, 4) is 5.75 Å². The summed E-state index contributed by atoms with van der Waals surface area (Å²) >= 11 is 0. The predicted octanol–water partition coefficient (Wildman–Crippen LogP) is -0.934. The molecule has 0 aromatic carbocycles. The molecule has 1 aromatic heterocycles. The van der Waals surface area contributed by atoms with Gasteiger partial charge in [0.1, 0.15) is 5.75 Å². The van der Waals surface area contributed by atoms with Gasteiger partial charge < -0.3 is 10.4 Å². The van der Waals surface area contributed by atoms with Gasteiger partial charge in [-0.1, -0.05) is 0 Å². The molecule has 0 radical (unpaired) electrons. The maximum atomic E-state index is 11.5. The van der Waals surface area contributed by atoms with E-state index in [1.54, 1.807) is 0 Å². The molecule has 0 aliphatic rings. The highest BCUT2D eigenvalue weighted by molar-refractivity contribution is 7.89. The Kier molecular flexibility index (Phi) is 4.41. The predicted molar refractivity (Wildman–Crippen MR) is 61.1 cm³/mol. The van der Waals surface area contributed by atoms with Crippen LogP contribution >= 0.6 is 0 Å². The van der Waals surface area contributed by atoms with Gasteiger partial charge in [0.05, 0.1) is 17.5 Å². The van der Waals surface area contributed by atoms with Crippen LogP contribution in [0.1, 0.15) is 10.4 Å². The van der Waals surface area contributed by atoms with E-state index in [0.29, 0.717) is 0 Å². The second-order valence-electron chi connectivity index (χ2n) is 3.21. The molecule has 0 saturated heterocycles. The van der Waals surface area contributed by atoms with E-state index >= 15 is 0 Å². The zero-order valence-corrected chi connectivity index (χ0v) is 9.99. The van der Waals surface area contributed by atoms with E-state index in [0.717, 1.165) is 0 Å². The average Bonchev–Trinajstić information content (AvgIpc) is 2.28. The third-order valence-electron chi connectivity index (χ3n) is 1.95. The van der Waals surface area contributed by atoms with Crippen molar-refractivity contribution in [1.29, 1.82) is 0 Å². The van der Waals surface area contributed by atoms with Gasteiger partial charge >= 0.3 is 0 Å². The summed E-state index contributed by atoms with van der Waals surface area (Å²) in [6.45, 7) is -0.0162. The Hall–Kier alpha value is -1.67. The van der Waals surface area contributed by atoms with Crippen molar-refractivity contribution in [2.45, 2.75) is 0 Å². The van der Waals surface area contributed by atoms with Gasteiger partial charge in [-0.15, -0.1) is 0 Å². The highest BCUT2D eigenvalue weighted by Gasteiger charge is 2.10. The Balaban J connectivity index is 2.51. The Morgan fingerprint density at radius 3 is 2.76 bits per heavy atom. The summed E-state index contributed by atoms with van der Waals surface area (Å²) in [4.78, 5) is 15.1. The summed E-state index contributed by atoms with van der Waals surface area (Å²) in [6.07, 6.45) is 2.48. The number of hydrogen-bond acceptors (Lipinski definition) is 5. The lowest BCUT2D eigenvalue weighted by Gasteiger charge is -2.05. The second-order valence-corrected chi connectivity index (χ2v) is 5.26. The summed E-state index contributed by atoms with van der Waals surface area (Å²) in [5.74, 6) is -0.818. The van der Waals surface area contributed by atoms with Crippen LogP contribution in [0.3, 0.4) is 0 Å². The minimum absolute atomic E-state index is 0.0162. The van der Waals surface area contributed by atoms with E-state index in [1.165, 1.54) is 25.5 Å². The van der Waals surface area contributed by atoms with Gasteiger partial charge in [0, 0.05) is 12.7 Å². The van der Waals surface area contributed by atoms with Crippen LogP contribution in [0.4, 0.5) is 0 Å². The topological polar surface area (TPSA) is 108 Å². The molecule has 1 heterocycles. The molecule has 0 fully saturated rings. The van der Waals surface area contributed by atoms with E-state index in [2.05, 4.69) is 15.0 Å². The molecule has 1 rings (SSSR count). The van der Waals surface area contributed by atoms with Gasteiger partial charge in [-0.3, -0.25) is 9.78 Å². The molecule has 94 valence electrons. The summed E-state index contributed by atoms with van der Waals surface area (Å²) in [5, 5.41) is 11.5. The van der Waals surface area contributed by atoms with Crippen molar-refractivity contribution < 1.29 is 18.3 Å². The third kappa shape index (κ3) is 4.37. The molecule has 7 nitrogen and oxygen atoms in total. The van der Waals surface area contributed by atoms with Crippen molar-refractivity contribution in [2.24, 2.45) is 0 Å². The zero-order valence-electron chi connectivity index (χ0n) is 9.17. The Morgan fingerprint density at radius 1 is 1.47 bits per heavy atom. The molecule has 0 aliphatic heterocycles. The third-order valence-corrected chi connectivity index (χ3v) is 3.32. The summed E-state index contributed by atoms with van der Waals surface area (Å²) in [5.41, 5.74) is 0.173. The first-order chi connectivity index (χ1) is 7.94.